The van der Waals surface area contributed by atoms with Gasteiger partial charge < -0.3 is 10.3 Å². The van der Waals surface area contributed by atoms with Crippen LogP contribution in [-0.4, -0.2) is 4.98 Å². The second kappa shape index (κ2) is 5.62. The summed E-state index contributed by atoms with van der Waals surface area (Å²) in [6.45, 7) is 2.47. The van der Waals surface area contributed by atoms with E-state index in [2.05, 4.69) is 16.4 Å². The zero-order chi connectivity index (χ0) is 14.8. The molecule has 0 amide bonds. The van der Waals surface area contributed by atoms with Gasteiger partial charge >= 0.3 is 0 Å². The number of rotatable bonds is 3. The van der Waals surface area contributed by atoms with E-state index in [1.807, 2.05) is 49.4 Å². The monoisotopic (exact) mass is 298 g/mol. The molecule has 3 rings (SSSR count). The van der Waals surface area contributed by atoms with Crippen LogP contribution in [0, 0.1) is 6.92 Å². The van der Waals surface area contributed by atoms with Gasteiger partial charge in [-0.3, -0.25) is 4.79 Å². The topological polar surface area (TPSA) is 44.9 Å². The lowest BCUT2D eigenvalue weighted by molar-refractivity contribution is 1.09. The van der Waals surface area contributed by atoms with Crippen molar-refractivity contribution in [1.82, 2.24) is 4.98 Å². The third-order valence-corrected chi connectivity index (χ3v) is 3.75. The summed E-state index contributed by atoms with van der Waals surface area (Å²) in [6, 6.07) is 15.4. The van der Waals surface area contributed by atoms with E-state index in [0.29, 0.717) is 17.1 Å². The molecule has 0 bridgehead atoms. The van der Waals surface area contributed by atoms with Crippen LogP contribution in [0.5, 0.6) is 0 Å². The van der Waals surface area contributed by atoms with E-state index in [-0.39, 0.29) is 5.56 Å². The van der Waals surface area contributed by atoms with Gasteiger partial charge in [0.1, 0.15) is 0 Å². The summed E-state index contributed by atoms with van der Waals surface area (Å²) in [5.74, 6) is 0. The molecule has 0 aliphatic carbocycles. The fraction of sp³-hybridized carbons (Fsp3) is 0.118. The number of aromatic amines is 1. The van der Waals surface area contributed by atoms with Gasteiger partial charge in [0, 0.05) is 17.6 Å². The summed E-state index contributed by atoms with van der Waals surface area (Å²) in [4.78, 5) is 15.0. The summed E-state index contributed by atoms with van der Waals surface area (Å²) < 4.78 is 0. The Bertz CT molecular complexity index is 855. The quantitative estimate of drug-likeness (QED) is 0.764. The van der Waals surface area contributed by atoms with Crippen LogP contribution in [0.4, 0.5) is 5.69 Å². The second-order valence-electron chi connectivity index (χ2n) is 5.05. The number of hydrogen-bond acceptors (Lipinski definition) is 2. The van der Waals surface area contributed by atoms with E-state index in [1.165, 1.54) is 5.56 Å². The molecule has 1 heterocycles. The molecule has 2 N–H and O–H groups in total. The Kier molecular flexibility index (Phi) is 3.67. The average Bonchev–Trinajstić information content (AvgIpc) is 2.47. The van der Waals surface area contributed by atoms with Gasteiger partial charge in [-0.25, -0.2) is 0 Å². The van der Waals surface area contributed by atoms with Crippen LogP contribution in [-0.2, 0) is 6.54 Å². The number of H-pyrrole nitrogens is 1. The van der Waals surface area contributed by atoms with Crippen LogP contribution in [0.25, 0.3) is 10.9 Å². The first-order chi connectivity index (χ1) is 10.1. The molecule has 0 saturated heterocycles. The lowest BCUT2D eigenvalue weighted by atomic mass is 10.1. The molecule has 0 aliphatic rings. The highest BCUT2D eigenvalue weighted by Gasteiger charge is 2.04. The number of pyridine rings is 1. The van der Waals surface area contributed by atoms with Gasteiger partial charge in [0.05, 0.1) is 10.7 Å². The van der Waals surface area contributed by atoms with E-state index < -0.39 is 0 Å². The molecule has 0 radical (unpaired) electrons. The smallest absolute Gasteiger partial charge is 0.253 e. The van der Waals surface area contributed by atoms with Crippen LogP contribution < -0.4 is 10.9 Å². The number of halogens is 1. The van der Waals surface area contributed by atoms with E-state index >= 15 is 0 Å². The number of nitrogens with one attached hydrogen (secondary N) is 2. The Labute approximate surface area is 127 Å². The molecule has 106 valence electrons. The minimum atomic E-state index is -0.0779. The van der Waals surface area contributed by atoms with Crippen LogP contribution in [0.3, 0.4) is 0 Å². The van der Waals surface area contributed by atoms with Gasteiger partial charge in [0.25, 0.3) is 5.56 Å². The van der Waals surface area contributed by atoms with Crippen molar-refractivity contribution in [3.8, 4) is 0 Å². The minimum absolute atomic E-state index is 0.0779. The van der Waals surface area contributed by atoms with Gasteiger partial charge in [0.2, 0.25) is 0 Å². The molecular weight excluding hydrogens is 284 g/mol. The van der Waals surface area contributed by atoms with E-state index in [1.54, 1.807) is 0 Å². The number of benzene rings is 2. The Morgan fingerprint density at radius 1 is 1.14 bits per heavy atom. The Morgan fingerprint density at radius 2 is 1.95 bits per heavy atom. The molecule has 0 atom stereocenters. The Morgan fingerprint density at radius 3 is 2.76 bits per heavy atom. The minimum Gasteiger partial charge on any atom is -0.380 e. The maximum Gasteiger partial charge on any atom is 0.253 e. The molecule has 4 heteroatoms. The van der Waals surface area contributed by atoms with Gasteiger partial charge in [-0.1, -0.05) is 35.4 Å². The zero-order valence-electron chi connectivity index (χ0n) is 11.6. The van der Waals surface area contributed by atoms with Crippen molar-refractivity contribution in [3.05, 3.63) is 75.0 Å². The fourth-order valence-electron chi connectivity index (χ4n) is 2.30. The third kappa shape index (κ3) is 2.93. The van der Waals surface area contributed by atoms with E-state index in [9.17, 15) is 4.79 Å². The van der Waals surface area contributed by atoms with Gasteiger partial charge in [-0.2, -0.15) is 0 Å². The SMILES string of the molecule is Cc1ccc2[nH]c(=O)c(CNc3ccccc3Cl)cc2c1. The van der Waals surface area contributed by atoms with Crippen LogP contribution in [0.1, 0.15) is 11.1 Å². The number of aromatic nitrogens is 1. The Hall–Kier alpha value is -2.26. The number of aryl methyl sites for hydroxylation is 1. The predicted molar refractivity (Wildman–Crippen MR) is 88.1 cm³/mol. The largest absolute Gasteiger partial charge is 0.380 e. The summed E-state index contributed by atoms with van der Waals surface area (Å²) in [5.41, 5.74) is 3.45. The van der Waals surface area contributed by atoms with Crippen molar-refractivity contribution in [2.75, 3.05) is 5.32 Å². The molecule has 0 aliphatic heterocycles. The first-order valence-corrected chi connectivity index (χ1v) is 7.12. The van der Waals surface area contributed by atoms with Crippen molar-refractivity contribution in [1.29, 1.82) is 0 Å². The standard InChI is InChI=1S/C17H15ClN2O/c1-11-6-7-15-12(8-11)9-13(17(21)20-15)10-19-16-5-3-2-4-14(16)18/h2-9,19H,10H2,1H3,(H,20,21). The highest BCUT2D eigenvalue weighted by Crippen LogP contribution is 2.21. The Balaban J connectivity index is 1.92. The summed E-state index contributed by atoms with van der Waals surface area (Å²) >= 11 is 6.10. The lowest BCUT2D eigenvalue weighted by Gasteiger charge is -2.08. The van der Waals surface area contributed by atoms with Gasteiger partial charge in [-0.15, -0.1) is 0 Å². The van der Waals surface area contributed by atoms with Crippen LogP contribution in [0.15, 0.2) is 53.3 Å². The maximum atomic E-state index is 12.1. The third-order valence-electron chi connectivity index (χ3n) is 3.42. The molecule has 0 unspecified atom stereocenters. The molecule has 0 saturated carbocycles. The lowest BCUT2D eigenvalue weighted by Crippen LogP contribution is -2.15. The number of hydrogen-bond donors (Lipinski definition) is 2. The first-order valence-electron chi connectivity index (χ1n) is 6.74. The molecule has 21 heavy (non-hydrogen) atoms. The highest BCUT2D eigenvalue weighted by molar-refractivity contribution is 6.33. The molecule has 0 spiro atoms. The van der Waals surface area contributed by atoms with Crippen molar-refractivity contribution in [2.45, 2.75) is 13.5 Å². The average molecular weight is 299 g/mol. The molecule has 3 aromatic rings. The van der Waals surface area contributed by atoms with Crippen LogP contribution in [0.2, 0.25) is 5.02 Å². The van der Waals surface area contributed by atoms with Crippen molar-refractivity contribution >= 4 is 28.2 Å². The maximum absolute atomic E-state index is 12.1. The number of para-hydroxylation sites is 1. The number of anilines is 1. The second-order valence-corrected chi connectivity index (χ2v) is 5.46. The number of fused-ring (bicyclic) bond motifs is 1. The molecular formula is C17H15ClN2O. The zero-order valence-corrected chi connectivity index (χ0v) is 12.4. The molecule has 3 nitrogen and oxygen atoms in total. The molecule has 2 aromatic carbocycles. The predicted octanol–water partition coefficient (Wildman–Crippen LogP) is 4.10. The molecule has 0 fully saturated rings. The first kappa shape index (κ1) is 13.7. The summed E-state index contributed by atoms with van der Waals surface area (Å²) in [6.07, 6.45) is 0. The highest BCUT2D eigenvalue weighted by atomic mass is 35.5. The van der Waals surface area contributed by atoms with E-state index in [0.717, 1.165) is 16.6 Å². The van der Waals surface area contributed by atoms with Crippen molar-refractivity contribution < 1.29 is 0 Å². The van der Waals surface area contributed by atoms with Gasteiger partial charge in [0.15, 0.2) is 0 Å². The summed E-state index contributed by atoms with van der Waals surface area (Å²) in [7, 11) is 0. The van der Waals surface area contributed by atoms with Crippen molar-refractivity contribution in [3.63, 3.8) is 0 Å². The van der Waals surface area contributed by atoms with Gasteiger partial charge in [-0.05, 0) is 42.6 Å². The normalized spacial score (nSPS) is 10.8. The fourth-order valence-corrected chi connectivity index (χ4v) is 2.50. The molecule has 1 aromatic heterocycles. The summed E-state index contributed by atoms with van der Waals surface area (Å²) in [5, 5.41) is 4.87. The van der Waals surface area contributed by atoms with Crippen LogP contribution >= 0.6 is 11.6 Å². The van der Waals surface area contributed by atoms with Crippen molar-refractivity contribution in [2.24, 2.45) is 0 Å². The van der Waals surface area contributed by atoms with E-state index in [4.69, 9.17) is 11.6 Å².